The van der Waals surface area contributed by atoms with Crippen molar-refractivity contribution in [3.8, 4) is 11.5 Å². The van der Waals surface area contributed by atoms with Crippen LogP contribution < -0.4 is 20.5 Å². The van der Waals surface area contributed by atoms with Crippen LogP contribution in [0.2, 0.25) is 0 Å². The van der Waals surface area contributed by atoms with Crippen molar-refractivity contribution in [1.29, 1.82) is 0 Å². The molecule has 3 N–H and O–H groups in total. The number of aliphatic imine (C=N–C) groups is 1. The first-order chi connectivity index (χ1) is 12.6. The molecule has 1 unspecified atom stereocenters. The fourth-order valence-electron chi connectivity index (χ4n) is 3.38. The predicted molar refractivity (Wildman–Crippen MR) is 107 cm³/mol. The van der Waals surface area contributed by atoms with Crippen molar-refractivity contribution in [2.45, 2.75) is 39.2 Å². The van der Waals surface area contributed by atoms with E-state index in [0.29, 0.717) is 18.3 Å². The first-order valence-corrected chi connectivity index (χ1v) is 9.59. The lowest BCUT2D eigenvalue weighted by Gasteiger charge is -2.30. The number of methoxy groups -OCH3 is 2. The second kappa shape index (κ2) is 10.9. The van der Waals surface area contributed by atoms with Crippen molar-refractivity contribution < 1.29 is 9.47 Å². The lowest BCUT2D eigenvalue weighted by Crippen LogP contribution is -2.36. The van der Waals surface area contributed by atoms with Gasteiger partial charge < -0.3 is 25.4 Å². The van der Waals surface area contributed by atoms with Crippen LogP contribution in [0.3, 0.4) is 0 Å². The number of nitrogens with one attached hydrogen (secondary N) is 1. The normalized spacial score (nSPS) is 18.6. The SMILES string of the molecule is COc1ccc(CN=C(N)NCCCCN2CCCC(C)C2)cc1OC. The number of likely N-dealkylation sites (tertiary alicyclic amines) is 1. The van der Waals surface area contributed by atoms with Gasteiger partial charge in [-0.2, -0.15) is 0 Å². The van der Waals surface area contributed by atoms with E-state index in [1.165, 1.54) is 38.9 Å². The molecular weight excluding hydrogens is 328 g/mol. The molecule has 2 rings (SSSR count). The van der Waals surface area contributed by atoms with E-state index in [-0.39, 0.29) is 0 Å². The molecule has 1 aliphatic heterocycles. The minimum absolute atomic E-state index is 0.492. The number of nitrogens with two attached hydrogens (primary N) is 1. The highest BCUT2D eigenvalue weighted by Gasteiger charge is 2.15. The highest BCUT2D eigenvalue weighted by Crippen LogP contribution is 2.27. The summed E-state index contributed by atoms with van der Waals surface area (Å²) in [4.78, 5) is 6.99. The second-order valence-electron chi connectivity index (χ2n) is 7.07. The van der Waals surface area contributed by atoms with Gasteiger partial charge in [0.15, 0.2) is 17.5 Å². The van der Waals surface area contributed by atoms with Gasteiger partial charge in [-0.15, -0.1) is 0 Å². The van der Waals surface area contributed by atoms with Crippen LogP contribution in [0, 0.1) is 5.92 Å². The quantitative estimate of drug-likeness (QED) is 0.401. The molecule has 0 saturated carbocycles. The molecule has 1 aromatic carbocycles. The van der Waals surface area contributed by atoms with Gasteiger partial charge in [-0.25, -0.2) is 4.99 Å². The number of rotatable bonds is 9. The molecule has 0 aliphatic carbocycles. The van der Waals surface area contributed by atoms with Gasteiger partial charge in [-0.05, 0) is 62.4 Å². The molecule has 0 amide bonds. The maximum atomic E-state index is 5.96. The maximum Gasteiger partial charge on any atom is 0.188 e. The minimum atomic E-state index is 0.492. The van der Waals surface area contributed by atoms with E-state index in [1.54, 1.807) is 14.2 Å². The fourth-order valence-corrected chi connectivity index (χ4v) is 3.38. The van der Waals surface area contributed by atoms with E-state index in [2.05, 4.69) is 22.1 Å². The molecule has 1 fully saturated rings. The van der Waals surface area contributed by atoms with Gasteiger partial charge in [0.25, 0.3) is 0 Å². The van der Waals surface area contributed by atoms with Crippen LogP contribution in [0.1, 0.15) is 38.2 Å². The van der Waals surface area contributed by atoms with Crippen LogP contribution >= 0.6 is 0 Å². The van der Waals surface area contributed by atoms with Crippen LogP contribution in [-0.4, -0.2) is 51.3 Å². The van der Waals surface area contributed by atoms with Gasteiger partial charge in [0.1, 0.15) is 0 Å². The molecule has 26 heavy (non-hydrogen) atoms. The molecule has 146 valence electrons. The molecule has 0 bridgehead atoms. The highest BCUT2D eigenvalue weighted by molar-refractivity contribution is 5.77. The lowest BCUT2D eigenvalue weighted by molar-refractivity contribution is 0.181. The number of benzene rings is 1. The third-order valence-electron chi connectivity index (χ3n) is 4.83. The van der Waals surface area contributed by atoms with Crippen LogP contribution in [0.5, 0.6) is 11.5 Å². The topological polar surface area (TPSA) is 72.1 Å². The number of unbranched alkanes of at least 4 members (excludes halogenated alkanes) is 1. The Kier molecular flexibility index (Phi) is 8.54. The second-order valence-corrected chi connectivity index (χ2v) is 7.07. The fraction of sp³-hybridized carbons (Fsp3) is 0.650. The summed E-state index contributed by atoms with van der Waals surface area (Å²) in [7, 11) is 3.26. The molecule has 0 aromatic heterocycles. The molecule has 1 aliphatic rings. The molecule has 0 radical (unpaired) electrons. The number of piperidine rings is 1. The van der Waals surface area contributed by atoms with Gasteiger partial charge in [0, 0.05) is 13.1 Å². The Morgan fingerprint density at radius 3 is 2.81 bits per heavy atom. The Morgan fingerprint density at radius 1 is 1.27 bits per heavy atom. The number of ether oxygens (including phenoxy) is 2. The van der Waals surface area contributed by atoms with Crippen LogP contribution in [0.25, 0.3) is 0 Å². The summed E-state index contributed by atoms with van der Waals surface area (Å²) < 4.78 is 10.5. The maximum absolute atomic E-state index is 5.96. The van der Waals surface area contributed by atoms with Crippen molar-refractivity contribution in [1.82, 2.24) is 10.2 Å². The average molecular weight is 363 g/mol. The molecule has 1 aromatic rings. The highest BCUT2D eigenvalue weighted by atomic mass is 16.5. The van der Waals surface area contributed by atoms with Gasteiger partial charge in [0.05, 0.1) is 20.8 Å². The monoisotopic (exact) mass is 362 g/mol. The number of nitrogens with zero attached hydrogens (tertiary/aromatic N) is 2. The minimum Gasteiger partial charge on any atom is -0.493 e. The zero-order chi connectivity index (χ0) is 18.8. The van der Waals surface area contributed by atoms with Gasteiger partial charge in [0.2, 0.25) is 0 Å². The average Bonchev–Trinajstić information content (AvgIpc) is 2.65. The Morgan fingerprint density at radius 2 is 2.08 bits per heavy atom. The zero-order valence-corrected chi connectivity index (χ0v) is 16.5. The molecule has 6 nitrogen and oxygen atoms in total. The smallest absolute Gasteiger partial charge is 0.188 e. The Labute approximate surface area is 157 Å². The summed E-state index contributed by atoms with van der Waals surface area (Å²) in [5, 5.41) is 3.20. The van der Waals surface area contributed by atoms with Crippen molar-refractivity contribution in [2.24, 2.45) is 16.6 Å². The number of hydrogen-bond acceptors (Lipinski definition) is 4. The van der Waals surface area contributed by atoms with Crippen molar-refractivity contribution >= 4 is 5.96 Å². The van der Waals surface area contributed by atoms with Crippen molar-refractivity contribution in [3.63, 3.8) is 0 Å². The van der Waals surface area contributed by atoms with E-state index in [9.17, 15) is 0 Å². The Bertz CT molecular complexity index is 577. The molecule has 1 atom stereocenters. The standard InChI is InChI=1S/C20H34N4O2/c1-16-7-6-12-24(15-16)11-5-4-10-22-20(21)23-14-17-8-9-18(25-2)19(13-17)26-3/h8-9,13,16H,4-7,10-12,14-15H2,1-3H3,(H3,21,22,23). The third-order valence-corrected chi connectivity index (χ3v) is 4.83. The largest absolute Gasteiger partial charge is 0.493 e. The lowest BCUT2D eigenvalue weighted by atomic mass is 10.0. The van der Waals surface area contributed by atoms with Crippen molar-refractivity contribution in [3.05, 3.63) is 23.8 Å². The molecule has 6 heteroatoms. The van der Waals surface area contributed by atoms with Gasteiger partial charge >= 0.3 is 0 Å². The van der Waals surface area contributed by atoms with Crippen LogP contribution in [0.15, 0.2) is 23.2 Å². The van der Waals surface area contributed by atoms with E-state index in [4.69, 9.17) is 15.2 Å². The van der Waals surface area contributed by atoms with Crippen molar-refractivity contribution in [2.75, 3.05) is 40.4 Å². The van der Waals surface area contributed by atoms with E-state index >= 15 is 0 Å². The molecule has 1 saturated heterocycles. The summed E-state index contributed by atoms with van der Waals surface area (Å²) in [5.74, 6) is 2.76. The summed E-state index contributed by atoms with van der Waals surface area (Å²) in [6, 6.07) is 5.78. The number of hydrogen-bond donors (Lipinski definition) is 2. The molecule has 0 spiro atoms. The Balaban J connectivity index is 1.65. The van der Waals surface area contributed by atoms with E-state index < -0.39 is 0 Å². The van der Waals surface area contributed by atoms with E-state index in [0.717, 1.165) is 30.2 Å². The summed E-state index contributed by atoms with van der Waals surface area (Å²) in [6.07, 6.45) is 5.03. The Hall–Kier alpha value is -1.95. The predicted octanol–water partition coefficient (Wildman–Crippen LogP) is 2.62. The molecular formula is C20H34N4O2. The number of guanidine groups is 1. The summed E-state index contributed by atoms with van der Waals surface area (Å²) in [6.45, 7) is 7.43. The zero-order valence-electron chi connectivity index (χ0n) is 16.5. The van der Waals surface area contributed by atoms with E-state index in [1.807, 2.05) is 18.2 Å². The first kappa shape index (κ1) is 20.4. The summed E-state index contributed by atoms with van der Waals surface area (Å²) in [5.41, 5.74) is 7.00. The summed E-state index contributed by atoms with van der Waals surface area (Å²) >= 11 is 0. The third kappa shape index (κ3) is 6.75. The van der Waals surface area contributed by atoms with Gasteiger partial charge in [-0.3, -0.25) is 0 Å². The van der Waals surface area contributed by atoms with Crippen LogP contribution in [0.4, 0.5) is 0 Å². The van der Waals surface area contributed by atoms with Crippen LogP contribution in [-0.2, 0) is 6.54 Å². The molecule has 1 heterocycles. The van der Waals surface area contributed by atoms with Gasteiger partial charge in [-0.1, -0.05) is 13.0 Å². The first-order valence-electron chi connectivity index (χ1n) is 9.59.